The Labute approximate surface area is 632 Å². The zero-order valence-electron chi connectivity index (χ0n) is 66.0. The summed E-state index contributed by atoms with van der Waals surface area (Å²) in [4.78, 5) is 13.5. The van der Waals surface area contributed by atoms with E-state index in [2.05, 4.69) is 31.3 Å². The van der Waals surface area contributed by atoms with E-state index in [1.54, 1.807) is 6.08 Å². The molecule has 17 atom stereocenters. The Hall–Kier alpha value is -1.73. The molecule has 0 aliphatic carbocycles. The van der Waals surface area contributed by atoms with Crippen molar-refractivity contribution in [3.05, 3.63) is 24.3 Å². The summed E-state index contributed by atoms with van der Waals surface area (Å²) < 4.78 is 34.5. The summed E-state index contributed by atoms with van der Waals surface area (Å²) in [7, 11) is 0. The molecule has 19 nitrogen and oxygen atoms in total. The lowest BCUT2D eigenvalue weighted by Crippen LogP contribution is -2.66. The van der Waals surface area contributed by atoms with Gasteiger partial charge in [-0.15, -0.1) is 0 Å². The van der Waals surface area contributed by atoms with Gasteiger partial charge in [-0.2, -0.15) is 0 Å². The van der Waals surface area contributed by atoms with Gasteiger partial charge in [-0.1, -0.05) is 366 Å². The van der Waals surface area contributed by atoms with Crippen molar-refractivity contribution < 1.29 is 89.4 Å². The van der Waals surface area contributed by atoms with Crippen molar-refractivity contribution in [2.24, 2.45) is 0 Å². The number of nitrogens with one attached hydrogen (secondary N) is 1. The number of aliphatic hydroxyl groups excluding tert-OH is 11. The van der Waals surface area contributed by atoms with Crippen LogP contribution in [0.2, 0.25) is 0 Å². The van der Waals surface area contributed by atoms with Crippen molar-refractivity contribution in [2.75, 3.05) is 26.4 Å². The van der Waals surface area contributed by atoms with Crippen LogP contribution < -0.4 is 5.32 Å². The first-order valence-corrected chi connectivity index (χ1v) is 43.6. The van der Waals surface area contributed by atoms with Crippen LogP contribution >= 0.6 is 0 Å². The normalized spacial score (nSPS) is 26.0. The summed E-state index contributed by atoms with van der Waals surface area (Å²) in [5.41, 5.74) is 0. The Morgan fingerprint density at radius 2 is 0.615 bits per heavy atom. The zero-order chi connectivity index (χ0) is 75.3. The first-order chi connectivity index (χ1) is 50.8. The highest BCUT2D eigenvalue weighted by atomic mass is 16.8. The van der Waals surface area contributed by atoms with Crippen LogP contribution in [0, 0.1) is 0 Å². The lowest BCUT2D eigenvalue weighted by molar-refractivity contribution is -0.379. The third kappa shape index (κ3) is 44.9. The number of carbonyl (C=O) groups is 1. The van der Waals surface area contributed by atoms with Gasteiger partial charge in [0.25, 0.3) is 0 Å². The second kappa shape index (κ2) is 65.9. The van der Waals surface area contributed by atoms with Crippen molar-refractivity contribution in [1.82, 2.24) is 5.32 Å². The fourth-order valence-electron chi connectivity index (χ4n) is 15.0. The highest BCUT2D eigenvalue weighted by Crippen LogP contribution is 2.34. The Balaban J connectivity index is 1.35. The second-order valence-corrected chi connectivity index (χ2v) is 31.4. The highest BCUT2D eigenvalue weighted by Gasteiger charge is 2.54. The third-order valence-corrected chi connectivity index (χ3v) is 22.0. The van der Waals surface area contributed by atoms with Crippen LogP contribution in [-0.2, 0) is 33.2 Å². The van der Waals surface area contributed by atoms with Crippen LogP contribution in [-0.4, -0.2) is 193 Å². The molecule has 0 aromatic heterocycles. The molecule has 0 aromatic rings. The van der Waals surface area contributed by atoms with Crippen LogP contribution in [0.3, 0.4) is 0 Å². The molecule has 3 aliphatic rings. The molecule has 3 rings (SSSR count). The van der Waals surface area contributed by atoms with Crippen molar-refractivity contribution in [1.29, 1.82) is 0 Å². The molecule has 17 unspecified atom stereocenters. The van der Waals surface area contributed by atoms with Gasteiger partial charge in [0.2, 0.25) is 5.91 Å². The maximum atomic E-state index is 13.5. The third-order valence-electron chi connectivity index (χ3n) is 22.0. The Bertz CT molecular complexity index is 1970. The smallest absolute Gasteiger partial charge is 0.220 e. The van der Waals surface area contributed by atoms with E-state index in [1.165, 1.54) is 308 Å². The highest BCUT2D eigenvalue weighted by molar-refractivity contribution is 5.76. The van der Waals surface area contributed by atoms with E-state index in [-0.39, 0.29) is 18.9 Å². The number of amides is 1. The van der Waals surface area contributed by atoms with Crippen molar-refractivity contribution >= 4 is 5.91 Å². The molecule has 0 aromatic carbocycles. The number of carbonyl (C=O) groups excluding carboxylic acids is 1. The molecule has 3 saturated heterocycles. The molecular weight excluding hydrogens is 1320 g/mol. The summed E-state index contributed by atoms with van der Waals surface area (Å²) in [6.45, 7) is 1.79. The molecule has 3 aliphatic heterocycles. The van der Waals surface area contributed by atoms with Crippen LogP contribution in [0.5, 0.6) is 0 Å². The number of hydrogen-bond acceptors (Lipinski definition) is 18. The number of allylic oxidation sites excluding steroid dienone is 3. The number of rotatable bonds is 71. The van der Waals surface area contributed by atoms with Gasteiger partial charge in [0.05, 0.1) is 38.6 Å². The molecule has 0 saturated carbocycles. The standard InChI is InChI=1S/C85H161NO18/c1-3-5-7-9-11-13-15-17-19-21-23-25-27-29-31-32-33-34-35-37-39-41-43-45-47-49-51-53-55-57-59-61-63-73(91)86-68(69(90)62-60-58-56-54-52-50-48-46-44-42-40-38-36-30-28-26-24-22-20-18-16-14-12-10-8-6-4-2)67-99-83-79(97)76(94)81(71(65-88)101-83)104-85-80(98)77(95)82(72(66-89)102-85)103-84-78(96)75(93)74(92)70(64-87)100-84/h52,54,60,62,68-72,74-85,87-90,92-98H,3-51,53,55-59,61,63-67H2,1-2H3,(H,86,91)/b54-52+,62-60+. The van der Waals surface area contributed by atoms with Gasteiger partial charge in [-0.3, -0.25) is 4.79 Å². The van der Waals surface area contributed by atoms with Gasteiger partial charge in [-0.25, -0.2) is 0 Å². The van der Waals surface area contributed by atoms with Gasteiger partial charge in [-0.05, 0) is 32.1 Å². The molecule has 3 fully saturated rings. The molecule has 0 radical (unpaired) electrons. The molecule has 3 heterocycles. The van der Waals surface area contributed by atoms with Gasteiger partial charge in [0, 0.05) is 6.42 Å². The lowest BCUT2D eigenvalue weighted by Gasteiger charge is -2.48. The average molecular weight is 1490 g/mol. The van der Waals surface area contributed by atoms with E-state index in [0.717, 1.165) is 38.5 Å². The first kappa shape index (κ1) is 96.5. The van der Waals surface area contributed by atoms with E-state index in [0.29, 0.717) is 12.8 Å². The SMILES string of the molecule is CCCCCCCCCCCCCCCCCCCCCCC/C=C/CC/C=C/C(O)C(COC1OC(CO)C(OC2OC(CO)C(OC3OC(CO)C(O)C(O)C3O)C(O)C2O)C(O)C1O)NC(=O)CCCCCCCCCCCCCCCCCCCCCCCCCCCCCCCCCC. The summed E-state index contributed by atoms with van der Waals surface area (Å²) >= 11 is 0. The zero-order valence-corrected chi connectivity index (χ0v) is 66.0. The summed E-state index contributed by atoms with van der Waals surface area (Å²) in [6, 6.07) is -0.989. The second-order valence-electron chi connectivity index (χ2n) is 31.4. The lowest BCUT2D eigenvalue weighted by atomic mass is 9.96. The minimum Gasteiger partial charge on any atom is -0.394 e. The number of aliphatic hydroxyl groups is 11. The minimum atomic E-state index is -1.98. The van der Waals surface area contributed by atoms with Crippen molar-refractivity contribution in [3.63, 3.8) is 0 Å². The number of unbranched alkanes of at least 4 members (excludes halogenated alkanes) is 53. The molecule has 1 amide bonds. The Kier molecular flexibility index (Phi) is 61.2. The van der Waals surface area contributed by atoms with Crippen LogP contribution in [0.15, 0.2) is 24.3 Å². The van der Waals surface area contributed by atoms with Crippen LogP contribution in [0.25, 0.3) is 0 Å². The van der Waals surface area contributed by atoms with E-state index in [1.807, 2.05) is 6.08 Å². The molecule has 12 N–H and O–H groups in total. The molecule has 104 heavy (non-hydrogen) atoms. The minimum absolute atomic E-state index is 0.241. The Morgan fingerprint density at radius 1 is 0.337 bits per heavy atom. The fraction of sp³-hybridized carbons (Fsp3) is 0.941. The molecular formula is C85H161NO18. The molecule has 0 spiro atoms. The number of hydrogen-bond donors (Lipinski definition) is 12. The summed E-state index contributed by atoms with van der Waals surface area (Å²) in [5, 5.41) is 121. The maximum absolute atomic E-state index is 13.5. The predicted octanol–water partition coefficient (Wildman–Crippen LogP) is 15.7. The summed E-state index contributed by atoms with van der Waals surface area (Å²) in [6.07, 6.45) is 54.8. The van der Waals surface area contributed by atoms with Gasteiger partial charge >= 0.3 is 0 Å². The molecule has 0 bridgehead atoms. The average Bonchev–Trinajstić information content (AvgIpc) is 0.772. The molecule has 614 valence electrons. The summed E-state index contributed by atoms with van der Waals surface area (Å²) in [5.74, 6) is -0.276. The van der Waals surface area contributed by atoms with E-state index < -0.39 is 124 Å². The quantitative estimate of drug-likeness (QED) is 0.0199. The molecule has 19 heteroatoms. The topological polar surface area (TPSA) is 307 Å². The maximum Gasteiger partial charge on any atom is 0.220 e. The van der Waals surface area contributed by atoms with E-state index in [4.69, 9.17) is 28.4 Å². The van der Waals surface area contributed by atoms with E-state index in [9.17, 15) is 61.0 Å². The Morgan fingerprint density at radius 3 is 0.962 bits per heavy atom. The first-order valence-electron chi connectivity index (χ1n) is 43.6. The van der Waals surface area contributed by atoms with Crippen molar-refractivity contribution in [3.8, 4) is 0 Å². The van der Waals surface area contributed by atoms with Crippen LogP contribution in [0.4, 0.5) is 0 Å². The van der Waals surface area contributed by atoms with Gasteiger partial charge in [0.1, 0.15) is 73.2 Å². The van der Waals surface area contributed by atoms with Crippen molar-refractivity contribution in [2.45, 2.75) is 484 Å². The monoisotopic (exact) mass is 1480 g/mol. The van der Waals surface area contributed by atoms with E-state index >= 15 is 0 Å². The predicted molar refractivity (Wildman–Crippen MR) is 416 cm³/mol. The number of ether oxygens (including phenoxy) is 6. The van der Waals surface area contributed by atoms with Gasteiger partial charge in [0.15, 0.2) is 18.9 Å². The van der Waals surface area contributed by atoms with Crippen LogP contribution in [0.1, 0.15) is 380 Å². The largest absolute Gasteiger partial charge is 0.394 e. The fourth-order valence-corrected chi connectivity index (χ4v) is 15.0. The van der Waals surface area contributed by atoms with Gasteiger partial charge < -0.3 is 89.9 Å².